The maximum Gasteiger partial charge on any atom is 0.416 e. The number of anilines is 2. The van der Waals surface area contributed by atoms with Gasteiger partial charge in [-0.15, -0.1) is 0 Å². The average Bonchev–Trinajstić information content (AvgIpc) is 2.85. The van der Waals surface area contributed by atoms with Gasteiger partial charge in [-0.3, -0.25) is 4.79 Å². The highest BCUT2D eigenvalue weighted by atomic mass is 19.4. The normalized spacial score (nSPS) is 18.2. The number of carbonyl (C=O) groups is 1. The summed E-state index contributed by atoms with van der Waals surface area (Å²) in [7, 11) is 3.90. The molecule has 2 N–H and O–H groups in total. The zero-order valence-corrected chi connectivity index (χ0v) is 20.2. The van der Waals surface area contributed by atoms with Crippen molar-refractivity contribution in [3.05, 3.63) is 59.4 Å². The van der Waals surface area contributed by atoms with Crippen LogP contribution in [0.3, 0.4) is 0 Å². The quantitative estimate of drug-likeness (QED) is 0.417. The molecule has 0 bridgehead atoms. The minimum atomic E-state index is -4.65. The number of carbonyl (C=O) groups excluding carboxylic acids is 1. The topological polar surface area (TPSA) is 70.2 Å². The van der Waals surface area contributed by atoms with Gasteiger partial charge in [-0.25, -0.2) is 9.37 Å². The molecule has 3 aromatic rings. The fourth-order valence-electron chi connectivity index (χ4n) is 4.56. The first-order valence-corrected chi connectivity index (χ1v) is 11.9. The summed E-state index contributed by atoms with van der Waals surface area (Å²) in [5, 5.41) is 7.04. The van der Waals surface area contributed by atoms with E-state index in [1.165, 1.54) is 0 Å². The number of amides is 1. The molecule has 4 rings (SSSR count). The predicted molar refractivity (Wildman–Crippen MR) is 132 cm³/mol. The van der Waals surface area contributed by atoms with Gasteiger partial charge in [0, 0.05) is 32.6 Å². The van der Waals surface area contributed by atoms with Crippen LogP contribution >= 0.6 is 0 Å². The van der Waals surface area contributed by atoms with E-state index in [0.29, 0.717) is 24.5 Å². The Kier molecular flexibility index (Phi) is 7.61. The van der Waals surface area contributed by atoms with E-state index in [1.54, 1.807) is 0 Å². The maximum atomic E-state index is 14.0. The van der Waals surface area contributed by atoms with Crippen molar-refractivity contribution in [3.8, 4) is 0 Å². The number of halogens is 4. The molecular weight excluding hydrogens is 474 g/mol. The van der Waals surface area contributed by atoms with E-state index in [1.807, 2.05) is 43.3 Å². The van der Waals surface area contributed by atoms with E-state index < -0.39 is 23.5 Å². The van der Waals surface area contributed by atoms with Gasteiger partial charge >= 0.3 is 6.18 Å². The van der Waals surface area contributed by atoms with Crippen LogP contribution in [0.25, 0.3) is 10.9 Å². The SMILES string of the molecule is CN(C)c1nc(NCC2CCC(CNC(=O)c3ccc(C(F)(F)F)cc3F)CC2)nc2ccccc12. The summed E-state index contributed by atoms with van der Waals surface area (Å²) in [5.41, 5.74) is -0.619. The average molecular weight is 504 g/mol. The second kappa shape index (κ2) is 10.7. The Labute approximate surface area is 207 Å². The number of rotatable bonds is 7. The smallest absolute Gasteiger partial charge is 0.362 e. The number of alkyl halides is 3. The Balaban J connectivity index is 1.26. The second-order valence-electron chi connectivity index (χ2n) is 9.45. The van der Waals surface area contributed by atoms with Gasteiger partial charge in [0.2, 0.25) is 5.95 Å². The first kappa shape index (κ1) is 25.7. The van der Waals surface area contributed by atoms with E-state index >= 15 is 0 Å². The first-order chi connectivity index (χ1) is 17.1. The zero-order valence-electron chi connectivity index (χ0n) is 20.2. The van der Waals surface area contributed by atoms with Crippen LogP contribution in [0.2, 0.25) is 0 Å². The zero-order chi connectivity index (χ0) is 25.9. The van der Waals surface area contributed by atoms with Crippen LogP contribution in [-0.2, 0) is 6.18 Å². The molecule has 0 radical (unpaired) electrons. The van der Waals surface area contributed by atoms with Gasteiger partial charge in [0.25, 0.3) is 5.91 Å². The number of hydrogen-bond acceptors (Lipinski definition) is 5. The molecule has 1 amide bonds. The molecule has 192 valence electrons. The predicted octanol–water partition coefficient (Wildman–Crippen LogP) is 5.50. The molecule has 1 heterocycles. The van der Waals surface area contributed by atoms with E-state index in [9.17, 15) is 22.4 Å². The van der Waals surface area contributed by atoms with Gasteiger partial charge in [0.05, 0.1) is 16.6 Å². The van der Waals surface area contributed by atoms with Crippen LogP contribution in [0.5, 0.6) is 0 Å². The third-order valence-electron chi connectivity index (χ3n) is 6.61. The fraction of sp³-hybridized carbons (Fsp3) is 0.423. The molecule has 1 saturated carbocycles. The van der Waals surface area contributed by atoms with Crippen LogP contribution in [-0.4, -0.2) is 43.1 Å². The Morgan fingerprint density at radius 1 is 1.00 bits per heavy atom. The van der Waals surface area contributed by atoms with Gasteiger partial charge < -0.3 is 15.5 Å². The molecule has 1 aromatic heterocycles. The third-order valence-corrected chi connectivity index (χ3v) is 6.61. The Hall–Kier alpha value is -3.43. The van der Waals surface area contributed by atoms with Crippen molar-refractivity contribution in [2.24, 2.45) is 11.8 Å². The monoisotopic (exact) mass is 503 g/mol. The number of nitrogens with zero attached hydrogens (tertiary/aromatic N) is 3. The van der Waals surface area contributed by atoms with Crippen LogP contribution < -0.4 is 15.5 Å². The van der Waals surface area contributed by atoms with Crippen LogP contribution in [0.15, 0.2) is 42.5 Å². The Morgan fingerprint density at radius 2 is 1.67 bits per heavy atom. The number of aromatic nitrogens is 2. The maximum absolute atomic E-state index is 14.0. The Bertz CT molecular complexity index is 1220. The van der Waals surface area contributed by atoms with Gasteiger partial charge in [0.15, 0.2) is 0 Å². The van der Waals surface area contributed by atoms with E-state index in [2.05, 4.69) is 20.6 Å². The molecule has 0 atom stereocenters. The summed E-state index contributed by atoms with van der Waals surface area (Å²) >= 11 is 0. The van der Waals surface area contributed by atoms with E-state index in [4.69, 9.17) is 0 Å². The lowest BCUT2D eigenvalue weighted by molar-refractivity contribution is -0.137. The molecule has 0 aliphatic heterocycles. The number of para-hydroxylation sites is 1. The van der Waals surface area contributed by atoms with Crippen molar-refractivity contribution < 1.29 is 22.4 Å². The summed E-state index contributed by atoms with van der Waals surface area (Å²) in [6.07, 6.45) is -0.960. The minimum absolute atomic E-state index is 0.236. The summed E-state index contributed by atoms with van der Waals surface area (Å²) in [6.45, 7) is 1.10. The second-order valence-corrected chi connectivity index (χ2v) is 9.45. The minimum Gasteiger partial charge on any atom is -0.362 e. The summed E-state index contributed by atoms with van der Waals surface area (Å²) in [5.74, 6) is 0.236. The molecule has 0 unspecified atom stereocenters. The number of benzene rings is 2. The molecule has 36 heavy (non-hydrogen) atoms. The van der Waals surface area contributed by atoms with Crippen LogP contribution in [0.1, 0.15) is 41.6 Å². The summed E-state index contributed by atoms with van der Waals surface area (Å²) in [6, 6.07) is 9.83. The largest absolute Gasteiger partial charge is 0.416 e. The lowest BCUT2D eigenvalue weighted by Gasteiger charge is -2.29. The van der Waals surface area contributed by atoms with Crippen molar-refractivity contribution in [1.29, 1.82) is 0 Å². The van der Waals surface area contributed by atoms with Crippen molar-refractivity contribution in [2.75, 3.05) is 37.4 Å². The van der Waals surface area contributed by atoms with Gasteiger partial charge in [-0.05, 0) is 67.9 Å². The third kappa shape index (κ3) is 6.03. The molecule has 2 aromatic carbocycles. The summed E-state index contributed by atoms with van der Waals surface area (Å²) in [4.78, 5) is 23.6. The fourth-order valence-corrected chi connectivity index (χ4v) is 4.56. The Morgan fingerprint density at radius 3 is 2.31 bits per heavy atom. The molecule has 6 nitrogen and oxygen atoms in total. The number of fused-ring (bicyclic) bond motifs is 1. The highest BCUT2D eigenvalue weighted by Gasteiger charge is 2.32. The molecule has 1 aliphatic rings. The number of hydrogen-bond donors (Lipinski definition) is 2. The van der Waals surface area contributed by atoms with Crippen molar-refractivity contribution in [3.63, 3.8) is 0 Å². The highest BCUT2D eigenvalue weighted by molar-refractivity contribution is 5.94. The molecule has 1 fully saturated rings. The van der Waals surface area contributed by atoms with Crippen molar-refractivity contribution in [1.82, 2.24) is 15.3 Å². The van der Waals surface area contributed by atoms with E-state index in [0.717, 1.165) is 61.1 Å². The first-order valence-electron chi connectivity index (χ1n) is 11.9. The molecule has 10 heteroatoms. The van der Waals surface area contributed by atoms with Gasteiger partial charge in [-0.2, -0.15) is 18.2 Å². The van der Waals surface area contributed by atoms with Gasteiger partial charge in [-0.1, -0.05) is 12.1 Å². The molecular formula is C26H29F4N5O. The molecule has 1 aliphatic carbocycles. The van der Waals surface area contributed by atoms with Crippen LogP contribution in [0, 0.1) is 17.7 Å². The summed E-state index contributed by atoms with van der Waals surface area (Å²) < 4.78 is 52.2. The highest BCUT2D eigenvalue weighted by Crippen LogP contribution is 2.31. The van der Waals surface area contributed by atoms with E-state index in [-0.39, 0.29) is 11.5 Å². The number of nitrogens with one attached hydrogen (secondary N) is 2. The van der Waals surface area contributed by atoms with Crippen molar-refractivity contribution >= 4 is 28.6 Å². The molecule has 0 saturated heterocycles. The van der Waals surface area contributed by atoms with Crippen molar-refractivity contribution in [2.45, 2.75) is 31.9 Å². The lowest BCUT2D eigenvalue weighted by Crippen LogP contribution is -2.32. The van der Waals surface area contributed by atoms with Crippen LogP contribution in [0.4, 0.5) is 29.3 Å². The lowest BCUT2D eigenvalue weighted by atomic mass is 9.82. The van der Waals surface area contributed by atoms with Gasteiger partial charge in [0.1, 0.15) is 11.6 Å². The standard InChI is InChI=1S/C26H29F4N5O/c1-35(2)23-20-5-3-4-6-22(20)33-25(34-23)32-15-17-9-7-16(8-10-17)14-31-24(36)19-12-11-18(13-21(19)27)26(28,29)30/h3-6,11-13,16-17H,7-10,14-15H2,1-2H3,(H,31,36)(H,32,33,34). The molecule has 0 spiro atoms.